The van der Waals surface area contributed by atoms with Gasteiger partial charge in [-0.2, -0.15) is 0 Å². The van der Waals surface area contributed by atoms with E-state index in [1.807, 2.05) is 6.92 Å². The van der Waals surface area contributed by atoms with Crippen LogP contribution < -0.4 is 5.32 Å². The molecule has 0 bridgehead atoms. The van der Waals surface area contributed by atoms with Gasteiger partial charge in [0, 0.05) is 24.7 Å². The lowest BCUT2D eigenvalue weighted by atomic mass is 10.2. The number of hydrogen-bond acceptors (Lipinski definition) is 3. The third-order valence-corrected chi connectivity index (χ3v) is 3.35. The summed E-state index contributed by atoms with van der Waals surface area (Å²) in [6, 6.07) is 0.542. The lowest BCUT2D eigenvalue weighted by Crippen LogP contribution is -2.38. The van der Waals surface area contributed by atoms with Crippen LogP contribution in [0.25, 0.3) is 0 Å². The minimum Gasteiger partial charge on any atom is -0.478 e. The van der Waals surface area contributed by atoms with E-state index in [2.05, 4.69) is 17.1 Å². The van der Waals surface area contributed by atoms with E-state index in [0.29, 0.717) is 24.6 Å². The first kappa shape index (κ1) is 14.2. The highest BCUT2D eigenvalue weighted by Gasteiger charge is 2.17. The summed E-state index contributed by atoms with van der Waals surface area (Å²) in [7, 11) is 0. The van der Waals surface area contributed by atoms with Crippen molar-refractivity contribution in [1.29, 1.82) is 0 Å². The van der Waals surface area contributed by atoms with Gasteiger partial charge in [0.1, 0.15) is 0 Å². The van der Waals surface area contributed by atoms with E-state index in [-0.39, 0.29) is 0 Å². The molecular formula is C13H24N2O2. The molecule has 0 aromatic rings. The Balaban J connectivity index is 2.20. The molecule has 0 aromatic carbocycles. The number of hydrogen-bond donors (Lipinski definition) is 2. The molecule has 98 valence electrons. The molecular weight excluding hydrogens is 216 g/mol. The van der Waals surface area contributed by atoms with Gasteiger partial charge < -0.3 is 10.4 Å². The fourth-order valence-corrected chi connectivity index (χ4v) is 2.18. The summed E-state index contributed by atoms with van der Waals surface area (Å²) in [4.78, 5) is 13.2. The Morgan fingerprint density at radius 1 is 1.47 bits per heavy atom. The van der Waals surface area contributed by atoms with E-state index in [1.165, 1.54) is 25.9 Å². The van der Waals surface area contributed by atoms with Crippen LogP contribution in [0.3, 0.4) is 0 Å². The second-order valence-electron chi connectivity index (χ2n) is 4.64. The third kappa shape index (κ3) is 4.88. The molecule has 1 unspecified atom stereocenters. The van der Waals surface area contributed by atoms with Gasteiger partial charge >= 0.3 is 5.97 Å². The monoisotopic (exact) mass is 240 g/mol. The number of aliphatic carboxylic acids is 1. The first-order valence-electron chi connectivity index (χ1n) is 6.52. The molecule has 1 saturated heterocycles. The maximum atomic E-state index is 10.8. The van der Waals surface area contributed by atoms with Crippen LogP contribution in [0, 0.1) is 0 Å². The largest absolute Gasteiger partial charge is 0.478 e. The summed E-state index contributed by atoms with van der Waals surface area (Å²) in [5.74, 6) is -0.804. The van der Waals surface area contributed by atoms with Crippen LogP contribution in [-0.4, -0.2) is 48.2 Å². The summed E-state index contributed by atoms with van der Waals surface area (Å²) in [5, 5.41) is 12.2. The van der Waals surface area contributed by atoms with Crippen LogP contribution in [-0.2, 0) is 4.79 Å². The van der Waals surface area contributed by atoms with E-state index in [9.17, 15) is 4.79 Å². The Labute approximate surface area is 104 Å². The van der Waals surface area contributed by atoms with Gasteiger partial charge in [0.05, 0.1) is 0 Å². The maximum Gasteiger partial charge on any atom is 0.331 e. The molecule has 2 N–H and O–H groups in total. The molecule has 1 aliphatic heterocycles. The van der Waals surface area contributed by atoms with Crippen molar-refractivity contribution in [3.05, 3.63) is 11.6 Å². The van der Waals surface area contributed by atoms with E-state index in [1.54, 1.807) is 6.08 Å². The topological polar surface area (TPSA) is 52.6 Å². The summed E-state index contributed by atoms with van der Waals surface area (Å²) in [6.07, 6.45) is 4.98. The van der Waals surface area contributed by atoms with Gasteiger partial charge in [0.25, 0.3) is 0 Å². The Morgan fingerprint density at radius 3 is 2.65 bits per heavy atom. The summed E-state index contributed by atoms with van der Waals surface area (Å²) in [5.41, 5.74) is 0.492. The van der Waals surface area contributed by atoms with Crippen LogP contribution in [0.1, 0.15) is 33.1 Å². The number of carbonyl (C=O) groups is 1. The van der Waals surface area contributed by atoms with Crippen LogP contribution >= 0.6 is 0 Å². The number of carboxylic acid groups (broad SMARTS) is 1. The molecule has 1 heterocycles. The Morgan fingerprint density at radius 2 is 2.12 bits per heavy atom. The van der Waals surface area contributed by atoms with Gasteiger partial charge in [-0.15, -0.1) is 0 Å². The standard InChI is InChI=1S/C13H24N2O2/c1-3-12(13(16)17)6-7-14-10-11(2)15-8-4-5-9-15/h6,11,14H,3-5,7-10H2,1-2H3,(H,16,17). The highest BCUT2D eigenvalue weighted by Crippen LogP contribution is 2.10. The van der Waals surface area contributed by atoms with Gasteiger partial charge in [-0.05, 0) is 39.3 Å². The number of rotatable bonds is 7. The molecule has 0 aliphatic carbocycles. The number of carboxylic acids is 1. The van der Waals surface area contributed by atoms with Crippen molar-refractivity contribution in [2.24, 2.45) is 0 Å². The lowest BCUT2D eigenvalue weighted by Gasteiger charge is -2.23. The van der Waals surface area contributed by atoms with Gasteiger partial charge in [0.15, 0.2) is 0 Å². The fraction of sp³-hybridized carbons (Fsp3) is 0.769. The Hall–Kier alpha value is -0.870. The average molecular weight is 240 g/mol. The van der Waals surface area contributed by atoms with Crippen molar-refractivity contribution < 1.29 is 9.90 Å². The lowest BCUT2D eigenvalue weighted by molar-refractivity contribution is -0.132. The van der Waals surface area contributed by atoms with Crippen molar-refractivity contribution >= 4 is 5.97 Å². The van der Waals surface area contributed by atoms with Crippen molar-refractivity contribution in [3.63, 3.8) is 0 Å². The predicted octanol–water partition coefficient (Wildman–Crippen LogP) is 1.48. The van der Waals surface area contributed by atoms with E-state index < -0.39 is 5.97 Å². The van der Waals surface area contributed by atoms with E-state index in [0.717, 1.165) is 6.54 Å². The van der Waals surface area contributed by atoms with E-state index in [4.69, 9.17) is 5.11 Å². The van der Waals surface area contributed by atoms with Gasteiger partial charge in [-0.25, -0.2) is 4.79 Å². The van der Waals surface area contributed by atoms with Crippen LogP contribution in [0.4, 0.5) is 0 Å². The maximum absolute atomic E-state index is 10.8. The molecule has 0 aromatic heterocycles. The number of nitrogens with zero attached hydrogens (tertiary/aromatic N) is 1. The smallest absolute Gasteiger partial charge is 0.331 e. The van der Waals surface area contributed by atoms with Gasteiger partial charge in [-0.3, -0.25) is 4.90 Å². The molecule has 0 saturated carbocycles. The minimum atomic E-state index is -0.804. The zero-order chi connectivity index (χ0) is 12.7. The first-order chi connectivity index (χ1) is 8.15. The normalized spacial score (nSPS) is 19.5. The molecule has 0 radical (unpaired) electrons. The highest BCUT2D eigenvalue weighted by atomic mass is 16.4. The second kappa shape index (κ2) is 7.45. The van der Waals surface area contributed by atoms with Crippen LogP contribution in [0.5, 0.6) is 0 Å². The molecule has 1 fully saturated rings. The van der Waals surface area contributed by atoms with Crippen molar-refractivity contribution in [2.45, 2.75) is 39.2 Å². The molecule has 1 aliphatic rings. The van der Waals surface area contributed by atoms with E-state index >= 15 is 0 Å². The molecule has 4 nitrogen and oxygen atoms in total. The zero-order valence-corrected chi connectivity index (χ0v) is 10.9. The van der Waals surface area contributed by atoms with Crippen molar-refractivity contribution in [2.75, 3.05) is 26.2 Å². The fourth-order valence-electron chi connectivity index (χ4n) is 2.18. The third-order valence-electron chi connectivity index (χ3n) is 3.35. The molecule has 4 heteroatoms. The van der Waals surface area contributed by atoms with Gasteiger partial charge in [0.2, 0.25) is 0 Å². The molecule has 1 rings (SSSR count). The molecule has 17 heavy (non-hydrogen) atoms. The summed E-state index contributed by atoms with van der Waals surface area (Å²) >= 11 is 0. The number of nitrogens with one attached hydrogen (secondary N) is 1. The van der Waals surface area contributed by atoms with Crippen molar-refractivity contribution in [3.8, 4) is 0 Å². The summed E-state index contributed by atoms with van der Waals surface area (Å²) in [6.45, 7) is 8.07. The second-order valence-corrected chi connectivity index (χ2v) is 4.64. The Kier molecular flexibility index (Phi) is 6.22. The summed E-state index contributed by atoms with van der Waals surface area (Å²) < 4.78 is 0. The van der Waals surface area contributed by atoms with Crippen LogP contribution in [0.15, 0.2) is 11.6 Å². The minimum absolute atomic E-state index is 0.492. The molecule has 1 atom stereocenters. The SMILES string of the molecule is CCC(=CCNCC(C)N1CCCC1)C(=O)O. The average Bonchev–Trinajstić information content (AvgIpc) is 2.81. The molecule has 0 spiro atoms. The quantitative estimate of drug-likeness (QED) is 0.523. The Bertz CT molecular complexity index is 271. The van der Waals surface area contributed by atoms with Crippen molar-refractivity contribution in [1.82, 2.24) is 10.2 Å². The van der Waals surface area contributed by atoms with Gasteiger partial charge in [-0.1, -0.05) is 13.0 Å². The predicted molar refractivity (Wildman–Crippen MR) is 69.1 cm³/mol. The zero-order valence-electron chi connectivity index (χ0n) is 10.9. The number of likely N-dealkylation sites (tertiary alicyclic amines) is 1. The van der Waals surface area contributed by atoms with Crippen LogP contribution in [0.2, 0.25) is 0 Å². The molecule has 0 amide bonds. The highest BCUT2D eigenvalue weighted by molar-refractivity contribution is 5.86. The first-order valence-corrected chi connectivity index (χ1v) is 6.52.